The summed E-state index contributed by atoms with van der Waals surface area (Å²) in [7, 11) is 0. The summed E-state index contributed by atoms with van der Waals surface area (Å²) in [6.07, 6.45) is -2.96. The minimum atomic E-state index is -4.44. The molecule has 2 aromatic heterocycles. The van der Waals surface area contributed by atoms with E-state index in [9.17, 15) is 13.2 Å². The van der Waals surface area contributed by atoms with Gasteiger partial charge in [0.25, 0.3) is 0 Å². The van der Waals surface area contributed by atoms with E-state index < -0.39 is 11.9 Å². The Morgan fingerprint density at radius 2 is 2.04 bits per heavy atom. The van der Waals surface area contributed by atoms with Crippen molar-refractivity contribution in [3.8, 4) is 0 Å². The van der Waals surface area contributed by atoms with Crippen LogP contribution in [-0.4, -0.2) is 35.6 Å². The number of thiazole rings is 1. The summed E-state index contributed by atoms with van der Waals surface area (Å²) >= 11 is 12.7. The van der Waals surface area contributed by atoms with Crippen LogP contribution in [0.25, 0.3) is 0 Å². The Morgan fingerprint density at radius 1 is 1.26 bits per heavy atom. The lowest BCUT2D eigenvalue weighted by molar-refractivity contribution is -0.140. The van der Waals surface area contributed by atoms with Crippen LogP contribution in [0.2, 0.25) is 10.0 Å². The maximum absolute atomic E-state index is 12.6. The van der Waals surface area contributed by atoms with Crippen molar-refractivity contribution in [3.05, 3.63) is 38.4 Å². The van der Waals surface area contributed by atoms with E-state index in [4.69, 9.17) is 23.2 Å². The van der Waals surface area contributed by atoms with E-state index in [2.05, 4.69) is 30.9 Å². The molecule has 3 N–H and O–H groups in total. The van der Waals surface area contributed by atoms with Crippen LogP contribution < -0.4 is 16.0 Å². The van der Waals surface area contributed by atoms with Gasteiger partial charge in [0.2, 0.25) is 0 Å². The lowest BCUT2D eigenvalue weighted by Gasteiger charge is -2.12. The second-order valence-electron chi connectivity index (χ2n) is 5.16. The maximum Gasteiger partial charge on any atom is 0.434 e. The van der Waals surface area contributed by atoms with Crippen molar-refractivity contribution in [2.24, 2.45) is 4.99 Å². The summed E-state index contributed by atoms with van der Waals surface area (Å²) in [5, 5.41) is 11.3. The van der Waals surface area contributed by atoms with Crippen LogP contribution in [-0.2, 0) is 12.7 Å². The Morgan fingerprint density at radius 3 is 2.67 bits per heavy atom. The lowest BCUT2D eigenvalue weighted by Crippen LogP contribution is -2.39. The van der Waals surface area contributed by atoms with E-state index in [0.717, 1.165) is 16.7 Å². The van der Waals surface area contributed by atoms with Crippen LogP contribution in [0.4, 0.5) is 19.0 Å². The van der Waals surface area contributed by atoms with Gasteiger partial charge >= 0.3 is 6.18 Å². The van der Waals surface area contributed by atoms with Gasteiger partial charge in [-0.1, -0.05) is 23.2 Å². The number of halogens is 5. The number of nitrogens with zero attached hydrogens (tertiary/aromatic N) is 3. The molecule has 0 unspecified atom stereocenters. The maximum atomic E-state index is 12.6. The summed E-state index contributed by atoms with van der Waals surface area (Å²) < 4.78 is 37.7. The molecule has 6 nitrogen and oxygen atoms in total. The number of aliphatic imine (C=N–C) groups is 1. The first kappa shape index (κ1) is 21.5. The number of pyridine rings is 1. The number of anilines is 1. The van der Waals surface area contributed by atoms with Gasteiger partial charge in [0.15, 0.2) is 11.7 Å². The average Bonchev–Trinajstić information content (AvgIpc) is 3.07. The van der Waals surface area contributed by atoms with Crippen molar-refractivity contribution in [1.82, 2.24) is 20.6 Å². The first-order valence-electron chi connectivity index (χ1n) is 7.88. The Hall–Kier alpha value is -1.78. The SMILES string of the molecule is CCNC(=NCc1nc(C(F)(F)F)cs1)NCCNc1ncc(Cl)cc1Cl. The van der Waals surface area contributed by atoms with E-state index >= 15 is 0 Å². The zero-order valence-electron chi connectivity index (χ0n) is 14.2. The van der Waals surface area contributed by atoms with Gasteiger partial charge < -0.3 is 16.0 Å². The number of guanidine groups is 1. The standard InChI is InChI=1S/C15H17Cl2F3N6S/c1-2-21-14(25-7-12-26-11(8-27-12)15(18,19)20)23-4-3-22-13-10(17)5-9(16)6-24-13/h5-6,8H,2-4,7H2,1H3,(H,22,24)(H2,21,23,25). The predicted molar refractivity (Wildman–Crippen MR) is 103 cm³/mol. The molecule has 0 saturated heterocycles. The fourth-order valence-electron chi connectivity index (χ4n) is 1.91. The molecule has 0 aliphatic heterocycles. The summed E-state index contributed by atoms with van der Waals surface area (Å²) in [5.41, 5.74) is -0.896. The first-order valence-corrected chi connectivity index (χ1v) is 9.52. The summed E-state index contributed by atoms with van der Waals surface area (Å²) in [6.45, 7) is 3.52. The van der Waals surface area contributed by atoms with Gasteiger partial charge in [0.1, 0.15) is 10.8 Å². The molecule has 0 bridgehead atoms. The van der Waals surface area contributed by atoms with Crippen molar-refractivity contribution in [3.63, 3.8) is 0 Å². The molecule has 148 valence electrons. The van der Waals surface area contributed by atoms with Crippen LogP contribution in [0.5, 0.6) is 0 Å². The summed E-state index contributed by atoms with van der Waals surface area (Å²) in [5.74, 6) is 0.977. The minimum Gasteiger partial charge on any atom is -0.367 e. The van der Waals surface area contributed by atoms with Crippen LogP contribution in [0.3, 0.4) is 0 Å². The second kappa shape index (κ2) is 9.95. The Bertz CT molecular complexity index is 781. The highest BCUT2D eigenvalue weighted by Crippen LogP contribution is 2.30. The predicted octanol–water partition coefficient (Wildman–Crippen LogP) is 4.03. The van der Waals surface area contributed by atoms with E-state index in [0.29, 0.717) is 41.5 Å². The van der Waals surface area contributed by atoms with Crippen LogP contribution in [0.15, 0.2) is 22.6 Å². The third-order valence-corrected chi connectivity index (χ3v) is 4.40. The molecule has 0 fully saturated rings. The summed E-state index contributed by atoms with van der Waals surface area (Å²) in [4.78, 5) is 11.9. The van der Waals surface area contributed by atoms with Gasteiger partial charge in [-0.25, -0.2) is 15.0 Å². The van der Waals surface area contributed by atoms with E-state index in [1.807, 2.05) is 6.92 Å². The molecule has 12 heteroatoms. The Balaban J connectivity index is 1.85. The molecule has 0 atom stereocenters. The molecule has 0 amide bonds. The third-order valence-electron chi connectivity index (χ3n) is 3.08. The zero-order chi connectivity index (χ0) is 19.9. The molecule has 27 heavy (non-hydrogen) atoms. The van der Waals surface area contributed by atoms with Crippen LogP contribution in [0.1, 0.15) is 17.6 Å². The molecule has 0 radical (unpaired) electrons. The molecule has 0 aliphatic rings. The molecule has 0 spiro atoms. The molecule has 2 aromatic rings. The number of alkyl halides is 3. The van der Waals surface area contributed by atoms with E-state index in [1.54, 1.807) is 6.07 Å². The molecule has 2 rings (SSSR count). The highest BCUT2D eigenvalue weighted by Gasteiger charge is 2.33. The lowest BCUT2D eigenvalue weighted by atomic mass is 10.4. The number of hydrogen-bond acceptors (Lipinski definition) is 5. The average molecular weight is 441 g/mol. The van der Waals surface area contributed by atoms with Gasteiger partial charge in [-0.15, -0.1) is 11.3 Å². The number of aromatic nitrogens is 2. The molecule has 2 heterocycles. The quantitative estimate of drug-likeness (QED) is 0.344. The fraction of sp³-hybridized carbons (Fsp3) is 0.400. The zero-order valence-corrected chi connectivity index (χ0v) is 16.5. The van der Waals surface area contributed by atoms with Crippen molar-refractivity contribution in [2.75, 3.05) is 25.0 Å². The highest BCUT2D eigenvalue weighted by atomic mass is 35.5. The fourth-order valence-corrected chi connectivity index (χ4v) is 3.08. The largest absolute Gasteiger partial charge is 0.434 e. The van der Waals surface area contributed by atoms with Gasteiger partial charge in [0.05, 0.1) is 16.6 Å². The van der Waals surface area contributed by atoms with Crippen molar-refractivity contribution < 1.29 is 13.2 Å². The van der Waals surface area contributed by atoms with Gasteiger partial charge in [-0.2, -0.15) is 13.2 Å². The summed E-state index contributed by atoms with van der Waals surface area (Å²) in [6, 6.07) is 1.58. The van der Waals surface area contributed by atoms with Gasteiger partial charge in [-0.3, -0.25) is 0 Å². The van der Waals surface area contributed by atoms with E-state index in [1.165, 1.54) is 6.20 Å². The molecule has 0 aromatic carbocycles. The topological polar surface area (TPSA) is 74.2 Å². The smallest absolute Gasteiger partial charge is 0.367 e. The molecular formula is C15H17Cl2F3N6S. The Labute approximate surface area is 168 Å². The van der Waals surface area contributed by atoms with Crippen molar-refractivity contribution >= 4 is 46.3 Å². The Kier molecular flexibility index (Phi) is 7.93. The first-order chi connectivity index (χ1) is 12.8. The number of nitrogens with one attached hydrogen (secondary N) is 3. The van der Waals surface area contributed by atoms with E-state index in [-0.39, 0.29) is 11.6 Å². The normalized spacial score (nSPS) is 12.1. The molecule has 0 aliphatic carbocycles. The monoisotopic (exact) mass is 440 g/mol. The highest BCUT2D eigenvalue weighted by molar-refractivity contribution is 7.09. The van der Waals surface area contributed by atoms with Crippen LogP contribution in [0, 0.1) is 0 Å². The second-order valence-corrected chi connectivity index (χ2v) is 6.94. The van der Waals surface area contributed by atoms with Crippen molar-refractivity contribution in [1.29, 1.82) is 0 Å². The number of hydrogen-bond donors (Lipinski definition) is 3. The van der Waals surface area contributed by atoms with Gasteiger partial charge in [0, 0.05) is 31.2 Å². The number of rotatable bonds is 7. The minimum absolute atomic E-state index is 0.0497. The molecular weight excluding hydrogens is 424 g/mol. The van der Waals surface area contributed by atoms with Crippen molar-refractivity contribution in [2.45, 2.75) is 19.6 Å². The molecule has 0 saturated carbocycles. The third kappa shape index (κ3) is 7.04. The van der Waals surface area contributed by atoms with Gasteiger partial charge in [-0.05, 0) is 13.0 Å². The van der Waals surface area contributed by atoms with Crippen LogP contribution >= 0.6 is 34.5 Å².